The maximum absolute atomic E-state index is 13.4. The molecule has 0 unspecified atom stereocenters. The smallest absolute Gasteiger partial charge is 0.268 e. The number of sulfonamides is 1. The molecule has 138 valence electrons. The summed E-state index contributed by atoms with van der Waals surface area (Å²) in [5.41, 5.74) is 1.99. The number of amides is 1. The molecule has 1 aliphatic rings. The summed E-state index contributed by atoms with van der Waals surface area (Å²) in [6.07, 6.45) is 0.712. The van der Waals surface area contributed by atoms with Crippen molar-refractivity contribution < 1.29 is 17.6 Å². The molecule has 1 aliphatic heterocycles. The molecule has 8 heteroatoms. The normalized spacial score (nSPS) is 13.4. The molecule has 0 bridgehead atoms. The molecule has 1 N–H and O–H groups in total. The van der Waals surface area contributed by atoms with Crippen LogP contribution >= 0.6 is 11.3 Å². The second-order valence-corrected chi connectivity index (χ2v) is 8.72. The molecule has 0 atom stereocenters. The third-order valence-electron chi connectivity index (χ3n) is 4.32. The molecule has 1 aromatic heterocycles. The fraction of sp³-hybridized carbons (Fsp3) is 0.105. The highest BCUT2D eigenvalue weighted by atomic mass is 32.2. The number of nitrogens with zero attached hydrogens (tertiary/aromatic N) is 1. The zero-order chi connectivity index (χ0) is 19.0. The fourth-order valence-electron chi connectivity index (χ4n) is 3.04. The van der Waals surface area contributed by atoms with Crippen molar-refractivity contribution in [2.24, 2.45) is 0 Å². The Morgan fingerprint density at radius 2 is 1.96 bits per heavy atom. The van der Waals surface area contributed by atoms with Gasteiger partial charge in [-0.1, -0.05) is 18.2 Å². The van der Waals surface area contributed by atoms with Crippen LogP contribution in [0.4, 0.5) is 15.8 Å². The zero-order valence-corrected chi connectivity index (χ0v) is 15.7. The van der Waals surface area contributed by atoms with Crippen molar-refractivity contribution in [1.29, 1.82) is 0 Å². The predicted octanol–water partition coefficient (Wildman–Crippen LogP) is 3.89. The average molecular weight is 402 g/mol. The number of benzene rings is 2. The maximum atomic E-state index is 13.4. The van der Waals surface area contributed by atoms with Crippen LogP contribution in [0.25, 0.3) is 0 Å². The topological polar surface area (TPSA) is 66.5 Å². The molecule has 3 aromatic rings. The van der Waals surface area contributed by atoms with Crippen molar-refractivity contribution in [2.75, 3.05) is 16.2 Å². The van der Waals surface area contributed by atoms with Gasteiger partial charge in [0, 0.05) is 12.2 Å². The number of carbonyl (C=O) groups is 1. The van der Waals surface area contributed by atoms with Crippen LogP contribution in [0.1, 0.15) is 15.2 Å². The van der Waals surface area contributed by atoms with E-state index in [-0.39, 0.29) is 10.8 Å². The van der Waals surface area contributed by atoms with Crippen LogP contribution in [-0.4, -0.2) is 20.9 Å². The Balaban J connectivity index is 1.63. The van der Waals surface area contributed by atoms with Gasteiger partial charge in [-0.15, -0.1) is 11.3 Å². The first-order valence-electron chi connectivity index (χ1n) is 8.21. The molecule has 0 fully saturated rings. The monoisotopic (exact) mass is 402 g/mol. The van der Waals surface area contributed by atoms with Gasteiger partial charge in [0.25, 0.3) is 15.9 Å². The number of anilines is 2. The Kier molecular flexibility index (Phi) is 4.45. The van der Waals surface area contributed by atoms with Crippen molar-refractivity contribution in [1.82, 2.24) is 0 Å². The molecule has 1 amide bonds. The SMILES string of the molecule is O=C(c1cccs1)N1CCc2ccc(NS(=O)(=O)c3cccc(F)c3)cc21. The number of rotatable bonds is 4. The summed E-state index contributed by atoms with van der Waals surface area (Å²) in [7, 11) is -3.93. The molecular weight excluding hydrogens is 387 g/mol. The summed E-state index contributed by atoms with van der Waals surface area (Å²) in [4.78, 5) is 14.8. The number of fused-ring (bicyclic) bond motifs is 1. The van der Waals surface area contributed by atoms with Gasteiger partial charge in [0.05, 0.1) is 15.5 Å². The number of thiophene rings is 1. The lowest BCUT2D eigenvalue weighted by molar-refractivity contribution is 0.0993. The summed E-state index contributed by atoms with van der Waals surface area (Å²) < 4.78 is 40.8. The Bertz CT molecular complexity index is 1110. The van der Waals surface area contributed by atoms with Crippen molar-refractivity contribution in [3.63, 3.8) is 0 Å². The lowest BCUT2D eigenvalue weighted by Crippen LogP contribution is -2.28. The van der Waals surface area contributed by atoms with Gasteiger partial charge in [0.2, 0.25) is 0 Å². The van der Waals surface area contributed by atoms with E-state index >= 15 is 0 Å². The second kappa shape index (κ2) is 6.79. The third kappa shape index (κ3) is 3.45. The molecule has 2 aromatic carbocycles. The van der Waals surface area contributed by atoms with Crippen LogP contribution in [0.15, 0.2) is 64.9 Å². The van der Waals surface area contributed by atoms with E-state index in [1.54, 1.807) is 29.2 Å². The Morgan fingerprint density at radius 1 is 1.11 bits per heavy atom. The summed E-state index contributed by atoms with van der Waals surface area (Å²) >= 11 is 1.37. The first kappa shape index (κ1) is 17.7. The highest BCUT2D eigenvalue weighted by Gasteiger charge is 2.27. The molecule has 0 aliphatic carbocycles. The van der Waals surface area contributed by atoms with E-state index in [0.717, 1.165) is 11.6 Å². The van der Waals surface area contributed by atoms with Crippen LogP contribution in [-0.2, 0) is 16.4 Å². The molecule has 0 spiro atoms. The fourth-order valence-corrected chi connectivity index (χ4v) is 4.79. The molecule has 0 radical (unpaired) electrons. The Morgan fingerprint density at radius 3 is 2.70 bits per heavy atom. The summed E-state index contributed by atoms with van der Waals surface area (Å²) in [6, 6.07) is 13.5. The Labute approximate surface area is 160 Å². The molecular formula is C19H15FN2O3S2. The van der Waals surface area contributed by atoms with E-state index in [4.69, 9.17) is 0 Å². The van der Waals surface area contributed by atoms with Crippen molar-refractivity contribution in [3.8, 4) is 0 Å². The number of nitrogens with one attached hydrogen (secondary N) is 1. The van der Waals surface area contributed by atoms with E-state index in [0.29, 0.717) is 29.2 Å². The van der Waals surface area contributed by atoms with Gasteiger partial charge in [-0.05, 0) is 53.8 Å². The maximum Gasteiger partial charge on any atom is 0.268 e. The minimum absolute atomic E-state index is 0.103. The standard InChI is InChI=1S/C19H15FN2O3S2/c20-14-3-1-4-16(11-14)27(24,25)21-15-7-6-13-8-9-22(17(13)12-15)19(23)18-5-2-10-26-18/h1-7,10-12,21H,8-9H2. The van der Waals surface area contributed by atoms with Crippen LogP contribution in [0, 0.1) is 5.82 Å². The van der Waals surface area contributed by atoms with Gasteiger partial charge in [0.1, 0.15) is 5.82 Å². The highest BCUT2D eigenvalue weighted by molar-refractivity contribution is 7.92. The number of carbonyl (C=O) groups excluding carboxylic acids is 1. The van der Waals surface area contributed by atoms with Crippen molar-refractivity contribution in [2.45, 2.75) is 11.3 Å². The first-order valence-corrected chi connectivity index (χ1v) is 10.6. The molecule has 27 heavy (non-hydrogen) atoms. The molecule has 0 saturated carbocycles. The molecule has 0 saturated heterocycles. The van der Waals surface area contributed by atoms with E-state index in [9.17, 15) is 17.6 Å². The van der Waals surface area contributed by atoms with Gasteiger partial charge >= 0.3 is 0 Å². The summed E-state index contributed by atoms with van der Waals surface area (Å²) in [6.45, 7) is 0.548. The minimum Gasteiger partial charge on any atom is -0.307 e. The van der Waals surface area contributed by atoms with Gasteiger partial charge in [-0.2, -0.15) is 0 Å². The second-order valence-electron chi connectivity index (χ2n) is 6.09. The first-order chi connectivity index (χ1) is 12.9. The number of hydrogen-bond donors (Lipinski definition) is 1. The average Bonchev–Trinajstić information content (AvgIpc) is 3.30. The highest BCUT2D eigenvalue weighted by Crippen LogP contribution is 2.33. The molecule has 4 rings (SSSR count). The van der Waals surface area contributed by atoms with Crippen LogP contribution in [0.2, 0.25) is 0 Å². The van der Waals surface area contributed by atoms with Gasteiger partial charge < -0.3 is 4.90 Å². The van der Waals surface area contributed by atoms with Crippen LogP contribution < -0.4 is 9.62 Å². The van der Waals surface area contributed by atoms with Crippen molar-refractivity contribution in [3.05, 3.63) is 76.2 Å². The molecule has 2 heterocycles. The van der Waals surface area contributed by atoms with Crippen LogP contribution in [0.5, 0.6) is 0 Å². The van der Waals surface area contributed by atoms with E-state index < -0.39 is 15.8 Å². The van der Waals surface area contributed by atoms with E-state index in [1.807, 2.05) is 11.4 Å². The number of hydrogen-bond acceptors (Lipinski definition) is 4. The lowest BCUT2D eigenvalue weighted by atomic mass is 10.1. The van der Waals surface area contributed by atoms with Crippen LogP contribution in [0.3, 0.4) is 0 Å². The van der Waals surface area contributed by atoms with E-state index in [2.05, 4.69) is 4.72 Å². The van der Waals surface area contributed by atoms with Gasteiger partial charge in [-0.3, -0.25) is 9.52 Å². The zero-order valence-electron chi connectivity index (χ0n) is 14.1. The lowest BCUT2D eigenvalue weighted by Gasteiger charge is -2.17. The predicted molar refractivity (Wildman–Crippen MR) is 103 cm³/mol. The van der Waals surface area contributed by atoms with E-state index in [1.165, 1.54) is 29.5 Å². The third-order valence-corrected chi connectivity index (χ3v) is 6.55. The summed E-state index contributed by atoms with van der Waals surface area (Å²) in [5.74, 6) is -0.728. The number of halogens is 1. The van der Waals surface area contributed by atoms with Gasteiger partial charge in [-0.25, -0.2) is 12.8 Å². The largest absolute Gasteiger partial charge is 0.307 e. The van der Waals surface area contributed by atoms with Gasteiger partial charge in [0.15, 0.2) is 0 Å². The quantitative estimate of drug-likeness (QED) is 0.720. The van der Waals surface area contributed by atoms with Crippen molar-refractivity contribution >= 4 is 38.6 Å². The summed E-state index contributed by atoms with van der Waals surface area (Å²) in [5, 5.41) is 1.84. The molecule has 5 nitrogen and oxygen atoms in total. The minimum atomic E-state index is -3.93. The Hall–Kier alpha value is -2.71.